The number of ether oxygens (including phenoxy) is 2. The molecule has 0 aliphatic carbocycles. The van der Waals surface area contributed by atoms with E-state index in [1.807, 2.05) is 50.2 Å². The van der Waals surface area contributed by atoms with Crippen molar-refractivity contribution in [1.82, 2.24) is 0 Å². The molecule has 0 bridgehead atoms. The van der Waals surface area contributed by atoms with Crippen LogP contribution in [-0.4, -0.2) is 11.8 Å². The minimum atomic E-state index is -0.451. The van der Waals surface area contributed by atoms with Crippen LogP contribution in [0.5, 0.6) is 11.5 Å². The number of hydrogen-bond donors (Lipinski definition) is 0. The molecule has 0 amide bonds. The number of rotatable bonds is 3. The summed E-state index contributed by atoms with van der Waals surface area (Å²) in [6.07, 6.45) is 1.72. The second-order valence-corrected chi connectivity index (χ2v) is 7.22. The van der Waals surface area contributed by atoms with E-state index in [2.05, 4.69) is 0 Å². The van der Waals surface area contributed by atoms with Gasteiger partial charge in [-0.25, -0.2) is 4.79 Å². The van der Waals surface area contributed by atoms with Gasteiger partial charge in [-0.15, -0.1) is 0 Å². The zero-order chi connectivity index (χ0) is 20.5. The van der Waals surface area contributed by atoms with Crippen molar-refractivity contribution in [3.05, 3.63) is 99.8 Å². The van der Waals surface area contributed by atoms with Crippen LogP contribution in [0.4, 0.5) is 0 Å². The first-order valence-electron chi connectivity index (χ1n) is 9.35. The largest absolute Gasteiger partial charge is 0.452 e. The molecule has 0 atom stereocenters. The Morgan fingerprint density at radius 1 is 0.931 bits per heavy atom. The highest BCUT2D eigenvalue weighted by atomic mass is 16.5. The van der Waals surface area contributed by atoms with Gasteiger partial charge in [-0.1, -0.05) is 47.5 Å². The summed E-state index contributed by atoms with van der Waals surface area (Å²) >= 11 is 0. The monoisotopic (exact) mass is 384 g/mol. The van der Waals surface area contributed by atoms with Crippen LogP contribution >= 0.6 is 0 Å². The molecule has 29 heavy (non-hydrogen) atoms. The lowest BCUT2D eigenvalue weighted by molar-refractivity contribution is 0.0734. The highest BCUT2D eigenvalue weighted by Gasteiger charge is 2.30. The molecule has 0 saturated heterocycles. The fourth-order valence-corrected chi connectivity index (χ4v) is 3.29. The van der Waals surface area contributed by atoms with Crippen LogP contribution in [0.2, 0.25) is 0 Å². The highest BCUT2D eigenvalue weighted by molar-refractivity contribution is 6.15. The van der Waals surface area contributed by atoms with E-state index in [0.717, 1.165) is 16.7 Å². The zero-order valence-electron chi connectivity index (χ0n) is 16.5. The SMILES string of the molecule is Cc1ccc(/C=C2\Oc3cc(OC(=O)c4cccc(C)c4)cc(C)c3C2=O)cc1. The van der Waals surface area contributed by atoms with Gasteiger partial charge in [0.2, 0.25) is 5.78 Å². The van der Waals surface area contributed by atoms with Crippen molar-refractivity contribution in [2.75, 3.05) is 0 Å². The summed E-state index contributed by atoms with van der Waals surface area (Å²) in [5.41, 5.74) is 4.68. The molecule has 0 aromatic heterocycles. The lowest BCUT2D eigenvalue weighted by Gasteiger charge is -2.08. The molecule has 1 aliphatic heterocycles. The molecular weight excluding hydrogens is 364 g/mol. The Bertz CT molecular complexity index is 1150. The molecular formula is C25H20O4. The molecule has 0 saturated carbocycles. The number of allylic oxidation sites excluding steroid dienone is 1. The molecule has 0 spiro atoms. The van der Waals surface area contributed by atoms with Gasteiger partial charge in [0.15, 0.2) is 5.76 Å². The number of carbonyl (C=O) groups excluding carboxylic acids is 2. The van der Waals surface area contributed by atoms with E-state index >= 15 is 0 Å². The second-order valence-electron chi connectivity index (χ2n) is 7.22. The fourth-order valence-electron chi connectivity index (χ4n) is 3.29. The predicted molar refractivity (Wildman–Crippen MR) is 111 cm³/mol. The third-order valence-electron chi connectivity index (χ3n) is 4.78. The quantitative estimate of drug-likeness (QED) is 0.342. The number of carbonyl (C=O) groups is 2. The Balaban J connectivity index is 1.60. The van der Waals surface area contributed by atoms with Crippen LogP contribution in [0, 0.1) is 20.8 Å². The third-order valence-corrected chi connectivity index (χ3v) is 4.78. The topological polar surface area (TPSA) is 52.6 Å². The summed E-state index contributed by atoms with van der Waals surface area (Å²) in [4.78, 5) is 25.2. The molecule has 1 aliphatic rings. The summed E-state index contributed by atoms with van der Waals surface area (Å²) in [5.74, 6) is 0.383. The van der Waals surface area contributed by atoms with Crippen molar-refractivity contribution in [2.45, 2.75) is 20.8 Å². The Labute approximate surface area is 169 Å². The van der Waals surface area contributed by atoms with Crippen LogP contribution in [0.25, 0.3) is 6.08 Å². The summed E-state index contributed by atoms with van der Waals surface area (Å²) < 4.78 is 11.3. The summed E-state index contributed by atoms with van der Waals surface area (Å²) in [5, 5.41) is 0. The second kappa shape index (κ2) is 7.40. The van der Waals surface area contributed by atoms with Crippen molar-refractivity contribution in [3.8, 4) is 11.5 Å². The van der Waals surface area contributed by atoms with Crippen LogP contribution in [0.1, 0.15) is 43.0 Å². The lowest BCUT2D eigenvalue weighted by Crippen LogP contribution is -2.09. The molecule has 4 nitrogen and oxygen atoms in total. The van der Waals surface area contributed by atoms with Crippen molar-refractivity contribution in [3.63, 3.8) is 0 Å². The summed E-state index contributed by atoms with van der Waals surface area (Å²) in [6, 6.07) is 18.3. The van der Waals surface area contributed by atoms with E-state index < -0.39 is 5.97 Å². The number of ketones is 1. The number of benzene rings is 3. The van der Waals surface area contributed by atoms with Crippen molar-refractivity contribution in [2.24, 2.45) is 0 Å². The fraction of sp³-hybridized carbons (Fsp3) is 0.120. The molecule has 1 heterocycles. The average molecular weight is 384 g/mol. The first kappa shape index (κ1) is 18.7. The first-order chi connectivity index (χ1) is 13.9. The highest BCUT2D eigenvalue weighted by Crippen LogP contribution is 2.37. The van der Waals surface area contributed by atoms with E-state index in [-0.39, 0.29) is 11.5 Å². The predicted octanol–water partition coefficient (Wildman–Crippen LogP) is 5.45. The summed E-state index contributed by atoms with van der Waals surface area (Å²) in [7, 11) is 0. The smallest absolute Gasteiger partial charge is 0.343 e. The Morgan fingerprint density at radius 2 is 1.69 bits per heavy atom. The van der Waals surface area contributed by atoms with Gasteiger partial charge >= 0.3 is 5.97 Å². The maximum atomic E-state index is 12.8. The lowest BCUT2D eigenvalue weighted by atomic mass is 10.0. The molecule has 0 fully saturated rings. The Kier molecular flexibility index (Phi) is 4.77. The Morgan fingerprint density at radius 3 is 2.41 bits per heavy atom. The van der Waals surface area contributed by atoms with E-state index in [9.17, 15) is 9.59 Å². The minimum absolute atomic E-state index is 0.172. The standard InChI is InChI=1S/C25H20O4/c1-15-7-9-18(10-8-15)13-22-24(26)23-17(3)12-20(14-21(23)29-22)28-25(27)19-6-4-5-16(2)11-19/h4-14H,1-3H3/b22-13-. The maximum Gasteiger partial charge on any atom is 0.343 e. The van der Waals surface area contributed by atoms with E-state index in [4.69, 9.17) is 9.47 Å². The van der Waals surface area contributed by atoms with Gasteiger partial charge in [-0.3, -0.25) is 4.79 Å². The molecule has 144 valence electrons. The molecule has 4 heteroatoms. The minimum Gasteiger partial charge on any atom is -0.452 e. The van der Waals surface area contributed by atoms with Crippen LogP contribution in [0.15, 0.2) is 66.4 Å². The van der Waals surface area contributed by atoms with Crippen molar-refractivity contribution in [1.29, 1.82) is 0 Å². The van der Waals surface area contributed by atoms with Gasteiger partial charge in [0.25, 0.3) is 0 Å². The van der Waals surface area contributed by atoms with Gasteiger partial charge in [0, 0.05) is 6.07 Å². The van der Waals surface area contributed by atoms with Crippen LogP contribution in [-0.2, 0) is 0 Å². The molecule has 0 radical (unpaired) electrons. The number of fused-ring (bicyclic) bond motifs is 1. The molecule has 3 aromatic carbocycles. The van der Waals surface area contributed by atoms with Crippen molar-refractivity contribution >= 4 is 17.8 Å². The summed E-state index contributed by atoms with van der Waals surface area (Å²) in [6.45, 7) is 5.73. The van der Waals surface area contributed by atoms with E-state index in [0.29, 0.717) is 28.2 Å². The Hall–Kier alpha value is -3.66. The zero-order valence-corrected chi connectivity index (χ0v) is 16.5. The third kappa shape index (κ3) is 3.83. The number of esters is 1. The van der Waals surface area contributed by atoms with E-state index in [1.54, 1.807) is 37.3 Å². The average Bonchev–Trinajstić information content (AvgIpc) is 2.99. The normalized spacial score (nSPS) is 13.9. The van der Waals surface area contributed by atoms with Gasteiger partial charge in [0.05, 0.1) is 11.1 Å². The van der Waals surface area contributed by atoms with Gasteiger partial charge in [0.1, 0.15) is 11.5 Å². The molecule has 4 rings (SSSR count). The maximum absolute atomic E-state index is 12.8. The molecule has 3 aromatic rings. The number of aryl methyl sites for hydroxylation is 3. The molecule has 0 unspecified atom stereocenters. The molecule has 0 N–H and O–H groups in total. The van der Waals surface area contributed by atoms with Crippen LogP contribution < -0.4 is 9.47 Å². The first-order valence-corrected chi connectivity index (χ1v) is 9.35. The van der Waals surface area contributed by atoms with Gasteiger partial charge in [-0.2, -0.15) is 0 Å². The number of Topliss-reactive ketones (excluding diaryl/α,β-unsaturated/α-hetero) is 1. The van der Waals surface area contributed by atoms with Gasteiger partial charge < -0.3 is 9.47 Å². The van der Waals surface area contributed by atoms with Gasteiger partial charge in [-0.05, 0) is 56.2 Å². The van der Waals surface area contributed by atoms with E-state index in [1.165, 1.54) is 0 Å². The van der Waals surface area contributed by atoms with Crippen molar-refractivity contribution < 1.29 is 19.1 Å². The number of hydrogen-bond acceptors (Lipinski definition) is 4. The van der Waals surface area contributed by atoms with Crippen LogP contribution in [0.3, 0.4) is 0 Å².